The molecule has 5 nitrogen and oxygen atoms in total. The summed E-state index contributed by atoms with van der Waals surface area (Å²) >= 11 is 0. The highest BCUT2D eigenvalue weighted by Crippen LogP contribution is 2.40. The van der Waals surface area contributed by atoms with E-state index in [2.05, 4.69) is 146 Å². The van der Waals surface area contributed by atoms with Gasteiger partial charge < -0.3 is 8.83 Å². The van der Waals surface area contributed by atoms with Crippen molar-refractivity contribution in [2.45, 2.75) is 6.92 Å². The molecule has 57 heavy (non-hydrogen) atoms. The fourth-order valence-corrected chi connectivity index (χ4v) is 8.12. The van der Waals surface area contributed by atoms with Crippen LogP contribution in [0.15, 0.2) is 191 Å². The lowest BCUT2D eigenvalue weighted by Crippen LogP contribution is -2.01. The number of aromatic nitrogens is 3. The third-order valence-electron chi connectivity index (χ3n) is 10.8. The minimum absolute atomic E-state index is 0.596. The number of fused-ring (bicyclic) bond motifs is 6. The molecule has 11 aromatic rings. The van der Waals surface area contributed by atoms with Crippen molar-refractivity contribution in [2.24, 2.45) is 0 Å². The van der Waals surface area contributed by atoms with Gasteiger partial charge in [0.2, 0.25) is 0 Å². The fourth-order valence-electron chi connectivity index (χ4n) is 8.12. The van der Waals surface area contributed by atoms with Crippen LogP contribution in [0.4, 0.5) is 0 Å². The molecule has 0 bridgehead atoms. The van der Waals surface area contributed by atoms with Crippen LogP contribution in [0.5, 0.6) is 0 Å². The molecule has 8 aromatic carbocycles. The predicted octanol–water partition coefficient (Wildman–Crippen LogP) is 14.0. The van der Waals surface area contributed by atoms with Crippen molar-refractivity contribution < 1.29 is 8.83 Å². The van der Waals surface area contributed by atoms with Crippen molar-refractivity contribution in [3.05, 3.63) is 188 Å². The Bertz CT molecular complexity index is 3310. The quantitative estimate of drug-likeness (QED) is 0.170. The molecule has 5 heteroatoms. The van der Waals surface area contributed by atoms with E-state index in [9.17, 15) is 0 Å². The molecule has 0 saturated carbocycles. The maximum absolute atomic E-state index is 6.32. The average Bonchev–Trinajstić information content (AvgIpc) is 3.85. The van der Waals surface area contributed by atoms with Crippen LogP contribution in [0.2, 0.25) is 0 Å². The normalized spacial score (nSPS) is 11.6. The third kappa shape index (κ3) is 5.68. The topological polar surface area (TPSA) is 65.0 Å². The van der Waals surface area contributed by atoms with Gasteiger partial charge >= 0.3 is 0 Å². The van der Waals surface area contributed by atoms with Crippen LogP contribution in [-0.4, -0.2) is 15.0 Å². The summed E-state index contributed by atoms with van der Waals surface area (Å²) < 4.78 is 12.5. The van der Waals surface area contributed by atoms with Gasteiger partial charge in [0.25, 0.3) is 0 Å². The zero-order chi connectivity index (χ0) is 37.9. The second-order valence-corrected chi connectivity index (χ2v) is 14.4. The van der Waals surface area contributed by atoms with Crippen LogP contribution < -0.4 is 0 Å². The first kappa shape index (κ1) is 32.8. The fraction of sp³-hybridized carbons (Fsp3) is 0.0192. The van der Waals surface area contributed by atoms with Crippen molar-refractivity contribution in [2.75, 3.05) is 0 Å². The SMILES string of the molecule is Cc1ccc2c(c1)oc1cccc(-c3cccc(-c4nc(-c5ccc(-c6cccc7oc8ccccc8c67)cc5)nc(-c5ccccc5-c5ccccc5)n4)c3)c12. The minimum Gasteiger partial charge on any atom is -0.456 e. The van der Waals surface area contributed by atoms with E-state index in [1.165, 1.54) is 5.56 Å². The van der Waals surface area contributed by atoms with E-state index < -0.39 is 0 Å². The molecule has 0 saturated heterocycles. The standard InChI is InChI=1S/C52H33N3O2/c1-32-24-29-43-47(30-32)57-46-23-11-20-40(49(43)46)36-14-9-15-37(31-36)51-53-50(54-52(55-51)41-17-6-5-16-38(41)33-12-3-2-4-13-33)35-27-25-34(26-28-35)39-19-10-22-45-48(39)42-18-7-8-21-44(42)56-45/h2-31H,1H3. The van der Waals surface area contributed by atoms with E-state index >= 15 is 0 Å². The Morgan fingerprint density at radius 3 is 1.61 bits per heavy atom. The number of benzene rings is 8. The summed E-state index contributed by atoms with van der Waals surface area (Å²) in [4.78, 5) is 15.6. The molecule has 0 fully saturated rings. The van der Waals surface area contributed by atoms with Crippen molar-refractivity contribution in [1.82, 2.24) is 15.0 Å². The van der Waals surface area contributed by atoms with Gasteiger partial charge in [-0.15, -0.1) is 0 Å². The van der Waals surface area contributed by atoms with Gasteiger partial charge in [0.05, 0.1) is 0 Å². The number of aryl methyl sites for hydroxylation is 1. The Kier molecular flexibility index (Phi) is 7.64. The summed E-state index contributed by atoms with van der Waals surface area (Å²) in [5, 5.41) is 4.40. The monoisotopic (exact) mass is 731 g/mol. The molecule has 3 heterocycles. The Balaban J connectivity index is 1.07. The molecule has 0 atom stereocenters. The number of hydrogen-bond acceptors (Lipinski definition) is 5. The molecule has 0 aliphatic rings. The van der Waals surface area contributed by atoms with E-state index in [1.54, 1.807) is 0 Å². The van der Waals surface area contributed by atoms with Crippen molar-refractivity contribution in [3.63, 3.8) is 0 Å². The number of nitrogens with zero attached hydrogens (tertiary/aromatic N) is 3. The van der Waals surface area contributed by atoms with Crippen LogP contribution in [0, 0.1) is 6.92 Å². The van der Waals surface area contributed by atoms with Gasteiger partial charge in [0, 0.05) is 38.2 Å². The average molecular weight is 732 g/mol. The van der Waals surface area contributed by atoms with Gasteiger partial charge in [-0.3, -0.25) is 0 Å². The summed E-state index contributed by atoms with van der Waals surface area (Å²) in [6, 6.07) is 62.7. The van der Waals surface area contributed by atoms with E-state index in [1.807, 2.05) is 42.5 Å². The van der Waals surface area contributed by atoms with Gasteiger partial charge in [-0.2, -0.15) is 0 Å². The molecule has 268 valence electrons. The van der Waals surface area contributed by atoms with Crippen molar-refractivity contribution in [1.29, 1.82) is 0 Å². The number of para-hydroxylation sites is 1. The van der Waals surface area contributed by atoms with E-state index in [-0.39, 0.29) is 0 Å². The first-order valence-electron chi connectivity index (χ1n) is 19.1. The Morgan fingerprint density at radius 1 is 0.316 bits per heavy atom. The summed E-state index contributed by atoms with van der Waals surface area (Å²) in [5.41, 5.74) is 13.9. The van der Waals surface area contributed by atoms with Gasteiger partial charge in [-0.1, -0.05) is 152 Å². The second-order valence-electron chi connectivity index (χ2n) is 14.4. The molecule has 11 rings (SSSR count). The molecule has 3 aromatic heterocycles. The molecule has 0 radical (unpaired) electrons. The highest BCUT2D eigenvalue weighted by atomic mass is 16.3. The van der Waals surface area contributed by atoms with Crippen LogP contribution in [0.25, 0.3) is 111 Å². The predicted molar refractivity (Wildman–Crippen MR) is 232 cm³/mol. The molecule has 0 unspecified atom stereocenters. The lowest BCUT2D eigenvalue weighted by atomic mass is 9.97. The first-order chi connectivity index (χ1) is 28.1. The summed E-state index contributed by atoms with van der Waals surface area (Å²) in [6.07, 6.45) is 0. The smallest absolute Gasteiger partial charge is 0.164 e. The lowest BCUT2D eigenvalue weighted by molar-refractivity contribution is 0.668. The van der Waals surface area contributed by atoms with Gasteiger partial charge in [0.1, 0.15) is 22.3 Å². The van der Waals surface area contributed by atoms with Crippen LogP contribution in [0.3, 0.4) is 0 Å². The molecule has 0 amide bonds. The van der Waals surface area contributed by atoms with Crippen molar-refractivity contribution >= 4 is 43.9 Å². The number of rotatable bonds is 6. The highest BCUT2D eigenvalue weighted by molar-refractivity contribution is 6.13. The van der Waals surface area contributed by atoms with E-state index in [0.29, 0.717) is 17.5 Å². The Hall–Kier alpha value is -7.63. The zero-order valence-electron chi connectivity index (χ0n) is 31.0. The Morgan fingerprint density at radius 2 is 0.825 bits per heavy atom. The molecule has 0 N–H and O–H groups in total. The molecule has 0 aliphatic carbocycles. The molecule has 0 aliphatic heterocycles. The van der Waals surface area contributed by atoms with Crippen LogP contribution in [0.1, 0.15) is 5.56 Å². The highest BCUT2D eigenvalue weighted by Gasteiger charge is 2.18. The summed E-state index contributed by atoms with van der Waals surface area (Å²) in [5.74, 6) is 1.80. The van der Waals surface area contributed by atoms with Gasteiger partial charge in [-0.25, -0.2) is 15.0 Å². The summed E-state index contributed by atoms with van der Waals surface area (Å²) in [7, 11) is 0. The maximum atomic E-state index is 6.32. The summed E-state index contributed by atoms with van der Waals surface area (Å²) in [6.45, 7) is 2.09. The van der Waals surface area contributed by atoms with Crippen LogP contribution >= 0.6 is 0 Å². The van der Waals surface area contributed by atoms with Gasteiger partial charge in [0.15, 0.2) is 17.5 Å². The molecular weight excluding hydrogens is 699 g/mol. The largest absolute Gasteiger partial charge is 0.456 e. The first-order valence-corrected chi connectivity index (χ1v) is 19.1. The molecular formula is C52H33N3O2. The van der Waals surface area contributed by atoms with Crippen molar-refractivity contribution in [3.8, 4) is 67.5 Å². The second kappa shape index (κ2) is 13.3. The minimum atomic E-state index is 0.596. The van der Waals surface area contributed by atoms with E-state index in [0.717, 1.165) is 93.9 Å². The molecule has 0 spiro atoms. The number of hydrogen-bond donors (Lipinski definition) is 0. The maximum Gasteiger partial charge on any atom is 0.164 e. The van der Waals surface area contributed by atoms with Crippen LogP contribution in [-0.2, 0) is 0 Å². The zero-order valence-corrected chi connectivity index (χ0v) is 31.0. The number of furan rings is 2. The lowest BCUT2D eigenvalue weighted by Gasteiger charge is -2.13. The van der Waals surface area contributed by atoms with E-state index in [4.69, 9.17) is 23.8 Å². The Labute approximate surface area is 328 Å². The third-order valence-corrected chi connectivity index (χ3v) is 10.8. The van der Waals surface area contributed by atoms with Gasteiger partial charge in [-0.05, 0) is 76.2 Å².